The van der Waals surface area contributed by atoms with E-state index in [0.717, 1.165) is 48.5 Å². The summed E-state index contributed by atoms with van der Waals surface area (Å²) in [5.41, 5.74) is 3.93. The van der Waals surface area contributed by atoms with Crippen molar-refractivity contribution in [1.29, 1.82) is 0 Å². The second kappa shape index (κ2) is 8.27. The van der Waals surface area contributed by atoms with Gasteiger partial charge in [-0.25, -0.2) is 19.6 Å². The first-order valence-electron chi connectivity index (χ1n) is 10.4. The van der Waals surface area contributed by atoms with Crippen molar-refractivity contribution in [2.24, 2.45) is 0 Å². The Balaban J connectivity index is 1.29. The number of ether oxygens (including phenoxy) is 1. The number of rotatable bonds is 5. The number of nitrogens with zero attached hydrogens (tertiary/aromatic N) is 6. The van der Waals surface area contributed by atoms with E-state index in [4.69, 9.17) is 4.74 Å². The predicted molar refractivity (Wildman–Crippen MR) is 114 cm³/mol. The Labute approximate surface area is 179 Å². The van der Waals surface area contributed by atoms with E-state index in [2.05, 4.69) is 29.9 Å². The molecule has 9 nitrogen and oxygen atoms in total. The Morgan fingerprint density at radius 1 is 1.16 bits per heavy atom. The van der Waals surface area contributed by atoms with Crippen LogP contribution in [0.1, 0.15) is 47.8 Å². The first kappa shape index (κ1) is 19.4. The van der Waals surface area contributed by atoms with Crippen LogP contribution in [0.15, 0.2) is 55.5 Å². The molecule has 158 valence electrons. The van der Waals surface area contributed by atoms with E-state index >= 15 is 0 Å². The third-order valence-electron chi connectivity index (χ3n) is 5.68. The molecule has 9 heteroatoms. The quantitative estimate of drug-likeness (QED) is 0.536. The van der Waals surface area contributed by atoms with Crippen LogP contribution in [-0.4, -0.2) is 48.4 Å². The largest absolute Gasteiger partial charge is 0.381 e. The number of carbonyl (C=O) groups is 1. The van der Waals surface area contributed by atoms with E-state index in [1.165, 1.54) is 6.33 Å². The minimum atomic E-state index is -0.178. The van der Waals surface area contributed by atoms with Crippen molar-refractivity contribution in [3.05, 3.63) is 66.6 Å². The van der Waals surface area contributed by atoms with Gasteiger partial charge in [-0.15, -0.1) is 0 Å². The molecule has 1 aliphatic rings. The maximum absolute atomic E-state index is 12.8. The van der Waals surface area contributed by atoms with Crippen LogP contribution < -0.4 is 5.32 Å². The maximum atomic E-state index is 12.8. The number of nitrogens with one attached hydrogen (secondary N) is 1. The van der Waals surface area contributed by atoms with Gasteiger partial charge in [0.2, 0.25) is 0 Å². The summed E-state index contributed by atoms with van der Waals surface area (Å²) in [6.45, 7) is 3.46. The summed E-state index contributed by atoms with van der Waals surface area (Å²) >= 11 is 0. The minimum absolute atomic E-state index is 0.159. The molecule has 1 aromatic carbocycles. The number of hydrogen-bond acceptors (Lipinski definition) is 6. The predicted octanol–water partition coefficient (Wildman–Crippen LogP) is 2.85. The van der Waals surface area contributed by atoms with Gasteiger partial charge in [0.1, 0.15) is 18.2 Å². The van der Waals surface area contributed by atoms with Gasteiger partial charge in [0.25, 0.3) is 5.91 Å². The average Bonchev–Trinajstić information content (AvgIpc) is 3.49. The minimum Gasteiger partial charge on any atom is -0.381 e. The average molecular weight is 417 g/mol. The second-order valence-corrected chi connectivity index (χ2v) is 7.69. The fraction of sp³-hybridized carbons (Fsp3) is 0.318. The Morgan fingerprint density at radius 2 is 1.97 bits per heavy atom. The van der Waals surface area contributed by atoms with Crippen molar-refractivity contribution in [2.75, 3.05) is 13.2 Å². The van der Waals surface area contributed by atoms with E-state index in [1.54, 1.807) is 23.3 Å². The van der Waals surface area contributed by atoms with Crippen molar-refractivity contribution in [1.82, 2.24) is 34.6 Å². The lowest BCUT2D eigenvalue weighted by Gasteiger charge is -2.23. The van der Waals surface area contributed by atoms with Gasteiger partial charge in [0, 0.05) is 25.5 Å². The SMILES string of the molecule is CC(NC(=O)c1cnc2c(c1)ncn2C1CCOCC1)c1ccc(-n2cncn2)cc1. The lowest BCUT2D eigenvalue weighted by Crippen LogP contribution is -2.26. The number of carbonyl (C=O) groups excluding carboxylic acids is 1. The molecule has 1 saturated heterocycles. The fourth-order valence-electron chi connectivity index (χ4n) is 3.89. The molecule has 1 unspecified atom stereocenters. The summed E-state index contributed by atoms with van der Waals surface area (Å²) in [5, 5.41) is 7.16. The highest BCUT2D eigenvalue weighted by Crippen LogP contribution is 2.25. The van der Waals surface area contributed by atoms with Crippen LogP contribution in [0.2, 0.25) is 0 Å². The van der Waals surface area contributed by atoms with Crippen molar-refractivity contribution < 1.29 is 9.53 Å². The molecule has 0 radical (unpaired) electrons. The Bertz CT molecular complexity index is 1180. The van der Waals surface area contributed by atoms with Gasteiger partial charge in [0.05, 0.1) is 23.6 Å². The normalized spacial score (nSPS) is 15.8. The van der Waals surface area contributed by atoms with Crippen LogP contribution in [0.3, 0.4) is 0 Å². The topological polar surface area (TPSA) is 99.8 Å². The summed E-state index contributed by atoms with van der Waals surface area (Å²) in [7, 11) is 0. The monoisotopic (exact) mass is 417 g/mol. The Kier molecular flexibility index (Phi) is 5.17. The molecule has 5 rings (SSSR count). The van der Waals surface area contributed by atoms with Crippen molar-refractivity contribution in [3.8, 4) is 5.69 Å². The number of amides is 1. The van der Waals surface area contributed by atoms with Gasteiger partial charge >= 0.3 is 0 Å². The van der Waals surface area contributed by atoms with Crippen molar-refractivity contribution in [3.63, 3.8) is 0 Å². The van der Waals surface area contributed by atoms with E-state index in [9.17, 15) is 4.79 Å². The molecule has 1 fully saturated rings. The molecule has 0 bridgehead atoms. The summed E-state index contributed by atoms with van der Waals surface area (Å²) in [6.07, 6.45) is 8.47. The van der Waals surface area contributed by atoms with Gasteiger partial charge in [-0.05, 0) is 43.5 Å². The zero-order valence-corrected chi connectivity index (χ0v) is 17.2. The lowest BCUT2D eigenvalue weighted by atomic mass is 10.1. The number of imidazole rings is 1. The third kappa shape index (κ3) is 3.91. The van der Waals surface area contributed by atoms with Crippen LogP contribution in [0.25, 0.3) is 16.9 Å². The highest BCUT2D eigenvalue weighted by Gasteiger charge is 2.19. The third-order valence-corrected chi connectivity index (χ3v) is 5.68. The number of benzene rings is 1. The van der Waals surface area contributed by atoms with E-state index in [1.807, 2.05) is 37.5 Å². The first-order chi connectivity index (χ1) is 15.2. The molecule has 0 aliphatic carbocycles. The summed E-state index contributed by atoms with van der Waals surface area (Å²) < 4.78 is 9.23. The molecule has 1 aliphatic heterocycles. The van der Waals surface area contributed by atoms with Crippen LogP contribution in [-0.2, 0) is 4.74 Å². The number of aromatic nitrogens is 6. The number of hydrogen-bond donors (Lipinski definition) is 1. The molecular weight excluding hydrogens is 394 g/mol. The Morgan fingerprint density at radius 3 is 2.71 bits per heavy atom. The fourth-order valence-corrected chi connectivity index (χ4v) is 3.89. The molecule has 4 heterocycles. The summed E-state index contributed by atoms with van der Waals surface area (Å²) in [4.78, 5) is 25.8. The van der Waals surface area contributed by atoms with Crippen LogP contribution >= 0.6 is 0 Å². The van der Waals surface area contributed by atoms with Crippen LogP contribution in [0.4, 0.5) is 0 Å². The molecule has 31 heavy (non-hydrogen) atoms. The van der Waals surface area contributed by atoms with Gasteiger partial charge < -0.3 is 14.6 Å². The number of pyridine rings is 1. The standard InChI is InChI=1S/C22H23N7O2/c1-15(16-2-4-19(5-3-16)29-13-23-12-26-29)27-22(30)17-10-20-21(24-11-17)28(14-25-20)18-6-8-31-9-7-18/h2-5,10-15,18H,6-9H2,1H3,(H,27,30). The summed E-state index contributed by atoms with van der Waals surface area (Å²) in [5.74, 6) is -0.178. The molecule has 1 atom stereocenters. The zero-order valence-electron chi connectivity index (χ0n) is 17.2. The molecule has 4 aromatic rings. The smallest absolute Gasteiger partial charge is 0.253 e. The van der Waals surface area contributed by atoms with Gasteiger partial charge in [-0.3, -0.25) is 4.79 Å². The first-order valence-corrected chi connectivity index (χ1v) is 10.4. The van der Waals surface area contributed by atoms with Crippen LogP contribution in [0.5, 0.6) is 0 Å². The van der Waals surface area contributed by atoms with Gasteiger partial charge in [-0.2, -0.15) is 5.10 Å². The van der Waals surface area contributed by atoms with E-state index < -0.39 is 0 Å². The molecule has 0 saturated carbocycles. The van der Waals surface area contributed by atoms with Gasteiger partial charge in [0.15, 0.2) is 5.65 Å². The number of fused-ring (bicyclic) bond motifs is 1. The molecule has 1 N–H and O–H groups in total. The lowest BCUT2D eigenvalue weighted by molar-refractivity contribution is 0.0704. The summed E-state index contributed by atoms with van der Waals surface area (Å²) in [6, 6.07) is 9.82. The highest BCUT2D eigenvalue weighted by molar-refractivity contribution is 5.96. The molecular formula is C22H23N7O2. The van der Waals surface area contributed by atoms with Crippen LogP contribution in [0, 0.1) is 0 Å². The molecule has 0 spiro atoms. The molecule has 3 aromatic heterocycles. The second-order valence-electron chi connectivity index (χ2n) is 7.69. The van der Waals surface area contributed by atoms with Crippen molar-refractivity contribution in [2.45, 2.75) is 31.8 Å². The van der Waals surface area contributed by atoms with E-state index in [-0.39, 0.29) is 11.9 Å². The Hall–Kier alpha value is -3.59. The van der Waals surface area contributed by atoms with E-state index in [0.29, 0.717) is 11.6 Å². The van der Waals surface area contributed by atoms with Crippen molar-refractivity contribution >= 4 is 17.1 Å². The van der Waals surface area contributed by atoms with Gasteiger partial charge in [-0.1, -0.05) is 12.1 Å². The maximum Gasteiger partial charge on any atom is 0.253 e. The highest BCUT2D eigenvalue weighted by atomic mass is 16.5. The zero-order chi connectivity index (χ0) is 21.2. The molecule has 1 amide bonds.